The van der Waals surface area contributed by atoms with Crippen LogP contribution < -0.4 is 4.90 Å². The summed E-state index contributed by atoms with van der Waals surface area (Å²) < 4.78 is 13.4. The maximum absolute atomic E-state index is 13.4. The fourth-order valence-electron chi connectivity index (χ4n) is 3.00. The first-order valence-electron chi connectivity index (χ1n) is 7.25. The van der Waals surface area contributed by atoms with Crippen molar-refractivity contribution in [3.63, 3.8) is 0 Å². The summed E-state index contributed by atoms with van der Waals surface area (Å²) in [5.74, 6) is -0.130. The van der Waals surface area contributed by atoms with Gasteiger partial charge in [-0.05, 0) is 61.6 Å². The molecule has 1 aliphatic heterocycles. The van der Waals surface area contributed by atoms with E-state index >= 15 is 0 Å². The molecular formula is C18H20FN. The Balaban J connectivity index is 1.95. The van der Waals surface area contributed by atoms with Crippen molar-refractivity contribution in [2.24, 2.45) is 0 Å². The molecule has 1 atom stereocenters. The Kier molecular flexibility index (Phi) is 3.47. The van der Waals surface area contributed by atoms with Crippen molar-refractivity contribution in [3.8, 4) is 0 Å². The SMILES string of the molecule is Cc1ccccc1CN1c2ccc(F)cc2CCC1C. The summed E-state index contributed by atoms with van der Waals surface area (Å²) in [4.78, 5) is 2.40. The number of benzene rings is 2. The van der Waals surface area contributed by atoms with E-state index in [1.54, 1.807) is 12.1 Å². The monoisotopic (exact) mass is 269 g/mol. The van der Waals surface area contributed by atoms with E-state index in [-0.39, 0.29) is 5.82 Å². The molecular weight excluding hydrogens is 249 g/mol. The van der Waals surface area contributed by atoms with Crippen LogP contribution in [0.4, 0.5) is 10.1 Å². The lowest BCUT2D eigenvalue weighted by Crippen LogP contribution is -2.37. The van der Waals surface area contributed by atoms with Gasteiger partial charge in [-0.15, -0.1) is 0 Å². The van der Waals surface area contributed by atoms with E-state index in [9.17, 15) is 4.39 Å². The van der Waals surface area contributed by atoms with Crippen LogP contribution in [-0.2, 0) is 13.0 Å². The van der Waals surface area contributed by atoms with Crippen molar-refractivity contribution in [2.75, 3.05) is 4.90 Å². The van der Waals surface area contributed by atoms with Crippen LogP contribution in [0.1, 0.15) is 30.0 Å². The molecule has 104 valence electrons. The Labute approximate surface area is 120 Å². The fourth-order valence-corrected chi connectivity index (χ4v) is 3.00. The fraction of sp³-hybridized carbons (Fsp3) is 0.333. The summed E-state index contributed by atoms with van der Waals surface area (Å²) in [6, 6.07) is 14.2. The van der Waals surface area contributed by atoms with Crippen LogP contribution in [-0.4, -0.2) is 6.04 Å². The number of hydrogen-bond donors (Lipinski definition) is 0. The second-order valence-corrected chi connectivity index (χ2v) is 5.72. The minimum absolute atomic E-state index is 0.130. The van der Waals surface area contributed by atoms with Gasteiger partial charge < -0.3 is 4.90 Å². The normalized spacial score (nSPS) is 17.9. The Hall–Kier alpha value is -1.83. The Bertz CT molecular complexity index is 621. The lowest BCUT2D eigenvalue weighted by atomic mass is 9.95. The number of halogens is 1. The van der Waals surface area contributed by atoms with Gasteiger partial charge in [0.1, 0.15) is 5.82 Å². The van der Waals surface area contributed by atoms with Gasteiger partial charge in [0.2, 0.25) is 0 Å². The van der Waals surface area contributed by atoms with Gasteiger partial charge >= 0.3 is 0 Å². The van der Waals surface area contributed by atoms with Crippen LogP contribution in [0.2, 0.25) is 0 Å². The second kappa shape index (κ2) is 5.28. The second-order valence-electron chi connectivity index (χ2n) is 5.72. The maximum Gasteiger partial charge on any atom is 0.123 e. The van der Waals surface area contributed by atoms with E-state index in [0.29, 0.717) is 6.04 Å². The first-order valence-corrected chi connectivity index (χ1v) is 7.25. The van der Waals surface area contributed by atoms with Crippen LogP contribution in [0.3, 0.4) is 0 Å². The average Bonchev–Trinajstić information content (AvgIpc) is 2.44. The molecule has 0 saturated heterocycles. The molecule has 0 saturated carbocycles. The van der Waals surface area contributed by atoms with E-state index in [2.05, 4.69) is 43.0 Å². The molecule has 0 fully saturated rings. The molecule has 2 aromatic rings. The van der Waals surface area contributed by atoms with Crippen LogP contribution in [0.15, 0.2) is 42.5 Å². The molecule has 1 nitrogen and oxygen atoms in total. The van der Waals surface area contributed by atoms with Crippen molar-refractivity contribution < 1.29 is 4.39 Å². The molecule has 1 unspecified atom stereocenters. The quantitative estimate of drug-likeness (QED) is 0.777. The predicted octanol–water partition coefficient (Wildman–Crippen LogP) is 4.48. The average molecular weight is 269 g/mol. The molecule has 0 radical (unpaired) electrons. The topological polar surface area (TPSA) is 3.24 Å². The van der Waals surface area contributed by atoms with Crippen LogP contribution >= 0.6 is 0 Å². The first kappa shape index (κ1) is 13.2. The molecule has 0 bridgehead atoms. The molecule has 0 amide bonds. The summed E-state index contributed by atoms with van der Waals surface area (Å²) in [6.07, 6.45) is 2.06. The van der Waals surface area contributed by atoms with Crippen molar-refractivity contribution in [2.45, 2.75) is 39.3 Å². The summed E-state index contributed by atoms with van der Waals surface area (Å²) in [6.45, 7) is 5.30. The summed E-state index contributed by atoms with van der Waals surface area (Å²) >= 11 is 0. The highest BCUT2D eigenvalue weighted by atomic mass is 19.1. The van der Waals surface area contributed by atoms with Gasteiger partial charge in [-0.1, -0.05) is 24.3 Å². The van der Waals surface area contributed by atoms with Gasteiger partial charge in [0.05, 0.1) is 0 Å². The molecule has 0 aliphatic carbocycles. The van der Waals surface area contributed by atoms with Gasteiger partial charge in [-0.2, -0.15) is 0 Å². The van der Waals surface area contributed by atoms with Gasteiger partial charge in [-0.3, -0.25) is 0 Å². The number of hydrogen-bond acceptors (Lipinski definition) is 1. The van der Waals surface area contributed by atoms with Gasteiger partial charge in [0, 0.05) is 18.3 Å². The van der Waals surface area contributed by atoms with E-state index in [1.165, 1.54) is 16.8 Å². The molecule has 2 heteroatoms. The number of rotatable bonds is 2. The Morgan fingerprint density at radius 2 is 2.00 bits per heavy atom. The van der Waals surface area contributed by atoms with Gasteiger partial charge in [0.25, 0.3) is 0 Å². The maximum atomic E-state index is 13.4. The summed E-state index contributed by atoms with van der Waals surface area (Å²) in [5.41, 5.74) is 4.98. The van der Waals surface area contributed by atoms with Crippen molar-refractivity contribution in [1.29, 1.82) is 0 Å². The Morgan fingerprint density at radius 3 is 2.80 bits per heavy atom. The molecule has 20 heavy (non-hydrogen) atoms. The molecule has 0 aromatic heterocycles. The minimum atomic E-state index is -0.130. The molecule has 0 N–H and O–H groups in total. The molecule has 1 heterocycles. The van der Waals surface area contributed by atoms with E-state index < -0.39 is 0 Å². The van der Waals surface area contributed by atoms with Gasteiger partial charge in [-0.25, -0.2) is 4.39 Å². The van der Waals surface area contributed by atoms with Crippen LogP contribution in [0, 0.1) is 12.7 Å². The third-order valence-electron chi connectivity index (χ3n) is 4.32. The summed E-state index contributed by atoms with van der Waals surface area (Å²) in [7, 11) is 0. The molecule has 2 aromatic carbocycles. The lowest BCUT2D eigenvalue weighted by molar-refractivity contribution is 0.553. The van der Waals surface area contributed by atoms with Crippen LogP contribution in [0.5, 0.6) is 0 Å². The lowest BCUT2D eigenvalue weighted by Gasteiger charge is -2.37. The molecule has 1 aliphatic rings. The minimum Gasteiger partial charge on any atom is -0.364 e. The third kappa shape index (κ3) is 2.43. The highest BCUT2D eigenvalue weighted by Gasteiger charge is 2.23. The van der Waals surface area contributed by atoms with Gasteiger partial charge in [0.15, 0.2) is 0 Å². The summed E-state index contributed by atoms with van der Waals surface area (Å²) in [5, 5.41) is 0. The highest BCUT2D eigenvalue weighted by Crippen LogP contribution is 2.32. The van der Waals surface area contributed by atoms with E-state index in [4.69, 9.17) is 0 Å². The molecule has 3 rings (SSSR count). The zero-order valence-corrected chi connectivity index (χ0v) is 12.1. The number of aryl methyl sites for hydroxylation is 2. The number of fused-ring (bicyclic) bond motifs is 1. The first-order chi connectivity index (χ1) is 9.65. The van der Waals surface area contributed by atoms with Crippen LogP contribution in [0.25, 0.3) is 0 Å². The largest absolute Gasteiger partial charge is 0.364 e. The van der Waals surface area contributed by atoms with Crippen molar-refractivity contribution in [3.05, 3.63) is 65.0 Å². The zero-order valence-electron chi connectivity index (χ0n) is 12.1. The van der Waals surface area contributed by atoms with E-state index in [0.717, 1.165) is 24.9 Å². The Morgan fingerprint density at radius 1 is 1.20 bits per heavy atom. The van der Waals surface area contributed by atoms with E-state index in [1.807, 2.05) is 6.07 Å². The van der Waals surface area contributed by atoms with Crippen molar-refractivity contribution in [1.82, 2.24) is 0 Å². The third-order valence-corrected chi connectivity index (χ3v) is 4.32. The smallest absolute Gasteiger partial charge is 0.123 e. The number of nitrogens with zero attached hydrogens (tertiary/aromatic N) is 1. The highest BCUT2D eigenvalue weighted by molar-refractivity contribution is 5.57. The van der Waals surface area contributed by atoms with Crippen molar-refractivity contribution >= 4 is 5.69 Å². The number of anilines is 1. The standard InChI is InChI=1S/C18H20FN/c1-13-5-3-4-6-16(13)12-20-14(2)7-8-15-11-17(19)9-10-18(15)20/h3-6,9-11,14H,7-8,12H2,1-2H3. The molecule has 0 spiro atoms. The predicted molar refractivity (Wildman–Crippen MR) is 81.5 cm³/mol. The zero-order chi connectivity index (χ0) is 14.1.